The summed E-state index contributed by atoms with van der Waals surface area (Å²) in [7, 11) is 0. The summed E-state index contributed by atoms with van der Waals surface area (Å²) in [6, 6.07) is 10.1. The molecule has 0 bridgehead atoms. The zero-order chi connectivity index (χ0) is 18.1. The zero-order valence-electron chi connectivity index (χ0n) is 15.0. The average molecular weight is 352 g/mol. The lowest BCUT2D eigenvalue weighted by atomic mass is 9.96. The van der Waals surface area contributed by atoms with E-state index in [4.69, 9.17) is 0 Å². The van der Waals surface area contributed by atoms with Gasteiger partial charge in [0.2, 0.25) is 5.91 Å². The van der Waals surface area contributed by atoms with Crippen LogP contribution in [0.4, 0.5) is 10.5 Å². The number of rotatable bonds is 3. The molecule has 0 atom stereocenters. The summed E-state index contributed by atoms with van der Waals surface area (Å²) in [6.45, 7) is 3.22. The van der Waals surface area contributed by atoms with Crippen LogP contribution in [0, 0.1) is 12.8 Å². The van der Waals surface area contributed by atoms with E-state index in [9.17, 15) is 9.59 Å². The van der Waals surface area contributed by atoms with Gasteiger partial charge in [-0.2, -0.15) is 0 Å². The maximum Gasteiger partial charge on any atom is 0.317 e. The predicted octanol–water partition coefficient (Wildman–Crippen LogP) is 3.07. The molecule has 0 radical (unpaired) electrons. The summed E-state index contributed by atoms with van der Waals surface area (Å²) in [5.74, 6) is -0.0334. The summed E-state index contributed by atoms with van der Waals surface area (Å²) >= 11 is 0. The Labute approximate surface area is 153 Å². The van der Waals surface area contributed by atoms with E-state index in [0.29, 0.717) is 32.0 Å². The van der Waals surface area contributed by atoms with E-state index in [1.807, 2.05) is 42.2 Å². The van der Waals surface area contributed by atoms with E-state index in [-0.39, 0.29) is 17.9 Å². The molecule has 1 aromatic heterocycles. The second-order valence-corrected chi connectivity index (χ2v) is 7.30. The van der Waals surface area contributed by atoms with Crippen LogP contribution in [0.1, 0.15) is 31.4 Å². The molecular formula is C20H24N4O2. The highest BCUT2D eigenvalue weighted by Crippen LogP contribution is 2.25. The SMILES string of the molecule is Cc1ccc2c(NC(=O)C3CCN(C(=O)NC4CC4)CC3)cccc2n1. The number of pyridine rings is 1. The van der Waals surface area contributed by atoms with Crippen LogP contribution in [0.5, 0.6) is 0 Å². The van der Waals surface area contributed by atoms with Gasteiger partial charge in [-0.25, -0.2) is 4.79 Å². The van der Waals surface area contributed by atoms with E-state index in [2.05, 4.69) is 15.6 Å². The maximum absolute atomic E-state index is 12.7. The van der Waals surface area contributed by atoms with Gasteiger partial charge in [0.1, 0.15) is 0 Å². The Bertz CT molecular complexity index is 839. The van der Waals surface area contributed by atoms with Crippen LogP contribution >= 0.6 is 0 Å². The smallest absolute Gasteiger partial charge is 0.317 e. The standard InChI is InChI=1S/C20H24N4O2/c1-13-5-8-16-17(21-13)3-2-4-18(16)23-19(25)14-9-11-24(12-10-14)20(26)22-15-6-7-15/h2-5,8,14-15H,6-7,9-12H2,1H3,(H,22,26)(H,23,25). The van der Waals surface area contributed by atoms with E-state index in [0.717, 1.165) is 35.1 Å². The van der Waals surface area contributed by atoms with Crippen molar-refractivity contribution in [1.29, 1.82) is 0 Å². The maximum atomic E-state index is 12.7. The van der Waals surface area contributed by atoms with Crippen molar-refractivity contribution in [3.05, 3.63) is 36.0 Å². The van der Waals surface area contributed by atoms with E-state index in [1.54, 1.807) is 0 Å². The van der Waals surface area contributed by atoms with Crippen LogP contribution in [0.2, 0.25) is 0 Å². The number of benzene rings is 1. The number of nitrogens with zero attached hydrogens (tertiary/aromatic N) is 2. The summed E-state index contributed by atoms with van der Waals surface area (Å²) < 4.78 is 0. The number of urea groups is 1. The van der Waals surface area contributed by atoms with Crippen LogP contribution in [0.25, 0.3) is 10.9 Å². The number of nitrogens with one attached hydrogen (secondary N) is 2. The molecule has 2 aromatic rings. The van der Waals surface area contributed by atoms with Crippen molar-refractivity contribution in [2.24, 2.45) is 5.92 Å². The molecule has 1 saturated carbocycles. The lowest BCUT2D eigenvalue weighted by Crippen LogP contribution is -2.46. The van der Waals surface area contributed by atoms with Gasteiger partial charge in [-0.1, -0.05) is 6.07 Å². The first-order valence-corrected chi connectivity index (χ1v) is 9.33. The van der Waals surface area contributed by atoms with E-state index < -0.39 is 0 Å². The van der Waals surface area contributed by atoms with Crippen molar-refractivity contribution >= 4 is 28.5 Å². The minimum atomic E-state index is -0.0614. The summed E-state index contributed by atoms with van der Waals surface area (Å²) in [5.41, 5.74) is 2.64. The first-order valence-electron chi connectivity index (χ1n) is 9.33. The molecule has 2 fully saturated rings. The average Bonchev–Trinajstić information content (AvgIpc) is 3.45. The third-order valence-corrected chi connectivity index (χ3v) is 5.19. The van der Waals surface area contributed by atoms with Crippen LogP contribution in [-0.4, -0.2) is 41.0 Å². The molecule has 26 heavy (non-hydrogen) atoms. The van der Waals surface area contributed by atoms with Crippen LogP contribution < -0.4 is 10.6 Å². The molecule has 0 spiro atoms. The highest BCUT2D eigenvalue weighted by molar-refractivity contribution is 6.01. The first kappa shape index (κ1) is 16.8. The van der Waals surface area contributed by atoms with Gasteiger partial charge in [0.05, 0.1) is 11.2 Å². The number of hydrogen-bond acceptors (Lipinski definition) is 3. The lowest BCUT2D eigenvalue weighted by Gasteiger charge is -2.31. The number of hydrogen-bond donors (Lipinski definition) is 2. The summed E-state index contributed by atoms with van der Waals surface area (Å²) in [5, 5.41) is 7.03. The van der Waals surface area contributed by atoms with E-state index in [1.165, 1.54) is 0 Å². The van der Waals surface area contributed by atoms with Crippen molar-refractivity contribution in [2.45, 2.75) is 38.6 Å². The fraction of sp³-hybridized carbons (Fsp3) is 0.450. The number of aryl methyl sites for hydroxylation is 1. The number of carbonyl (C=O) groups excluding carboxylic acids is 2. The molecule has 0 unspecified atom stereocenters. The number of aromatic nitrogens is 1. The van der Waals surface area contributed by atoms with Crippen molar-refractivity contribution < 1.29 is 9.59 Å². The molecule has 2 heterocycles. The molecule has 136 valence electrons. The fourth-order valence-corrected chi connectivity index (χ4v) is 3.44. The molecule has 6 nitrogen and oxygen atoms in total. The number of fused-ring (bicyclic) bond motifs is 1. The lowest BCUT2D eigenvalue weighted by molar-refractivity contribution is -0.121. The summed E-state index contributed by atoms with van der Waals surface area (Å²) in [6.07, 6.45) is 3.58. The molecular weight excluding hydrogens is 328 g/mol. The van der Waals surface area contributed by atoms with Crippen molar-refractivity contribution in [2.75, 3.05) is 18.4 Å². The van der Waals surface area contributed by atoms with Gasteiger partial charge in [0.25, 0.3) is 0 Å². The van der Waals surface area contributed by atoms with Crippen molar-refractivity contribution in [3.63, 3.8) is 0 Å². The predicted molar refractivity (Wildman–Crippen MR) is 101 cm³/mol. The molecule has 4 rings (SSSR count). The minimum absolute atomic E-state index is 0.0156. The van der Waals surface area contributed by atoms with Crippen LogP contribution in [0.15, 0.2) is 30.3 Å². The molecule has 2 N–H and O–H groups in total. The molecule has 3 amide bonds. The van der Waals surface area contributed by atoms with Crippen molar-refractivity contribution in [3.8, 4) is 0 Å². The van der Waals surface area contributed by atoms with Crippen LogP contribution in [-0.2, 0) is 4.79 Å². The Morgan fingerprint density at radius 1 is 1.08 bits per heavy atom. The van der Waals surface area contributed by atoms with E-state index >= 15 is 0 Å². The van der Waals surface area contributed by atoms with Crippen LogP contribution in [0.3, 0.4) is 0 Å². The molecule has 1 aromatic carbocycles. The molecule has 6 heteroatoms. The number of likely N-dealkylation sites (tertiary alicyclic amines) is 1. The van der Waals surface area contributed by atoms with Gasteiger partial charge in [-0.15, -0.1) is 0 Å². The number of piperidine rings is 1. The Balaban J connectivity index is 1.38. The highest BCUT2D eigenvalue weighted by Gasteiger charge is 2.30. The fourth-order valence-electron chi connectivity index (χ4n) is 3.44. The minimum Gasteiger partial charge on any atom is -0.335 e. The Kier molecular flexibility index (Phi) is 4.49. The van der Waals surface area contributed by atoms with Gasteiger partial charge in [-0.05, 0) is 56.9 Å². The molecule has 2 aliphatic rings. The monoisotopic (exact) mass is 352 g/mol. The second-order valence-electron chi connectivity index (χ2n) is 7.30. The van der Waals surface area contributed by atoms with Gasteiger partial charge >= 0.3 is 6.03 Å². The van der Waals surface area contributed by atoms with Gasteiger partial charge < -0.3 is 15.5 Å². The normalized spacial score (nSPS) is 18.0. The quantitative estimate of drug-likeness (QED) is 0.891. The number of anilines is 1. The molecule has 1 aliphatic carbocycles. The Morgan fingerprint density at radius 2 is 1.85 bits per heavy atom. The Morgan fingerprint density at radius 3 is 2.58 bits per heavy atom. The first-order chi connectivity index (χ1) is 12.6. The second kappa shape index (κ2) is 6.94. The number of carbonyl (C=O) groups is 2. The summed E-state index contributed by atoms with van der Waals surface area (Å²) in [4.78, 5) is 31.1. The highest BCUT2D eigenvalue weighted by atomic mass is 16.2. The third kappa shape index (κ3) is 3.64. The van der Waals surface area contributed by atoms with Gasteiger partial charge in [0.15, 0.2) is 0 Å². The molecule has 1 aliphatic heterocycles. The van der Waals surface area contributed by atoms with Crippen molar-refractivity contribution in [1.82, 2.24) is 15.2 Å². The van der Waals surface area contributed by atoms with Gasteiger partial charge in [0, 0.05) is 36.1 Å². The molecule has 1 saturated heterocycles. The topological polar surface area (TPSA) is 74.3 Å². The third-order valence-electron chi connectivity index (χ3n) is 5.19. The largest absolute Gasteiger partial charge is 0.335 e. The van der Waals surface area contributed by atoms with Gasteiger partial charge in [-0.3, -0.25) is 9.78 Å². The zero-order valence-corrected chi connectivity index (χ0v) is 15.0. The number of amides is 3. The Hall–Kier alpha value is -2.63.